The number of carbonyl (C=O) groups is 1. The van der Waals surface area contributed by atoms with Gasteiger partial charge in [-0.15, -0.1) is 5.10 Å². The number of anilines is 1. The minimum absolute atomic E-state index is 0.0997. The molecule has 1 atom stereocenters. The van der Waals surface area contributed by atoms with Gasteiger partial charge in [-0.05, 0) is 59.7 Å². The highest BCUT2D eigenvalue weighted by atomic mass is 16.6. The fourth-order valence-corrected chi connectivity index (χ4v) is 5.30. The molecule has 38 heavy (non-hydrogen) atoms. The fraction of sp³-hybridized carbons (Fsp3) is 0.444. The number of nitrogens with zero attached hydrogens (tertiary/aromatic N) is 5. The zero-order valence-electron chi connectivity index (χ0n) is 21.4. The Morgan fingerprint density at radius 2 is 1.92 bits per heavy atom. The van der Waals surface area contributed by atoms with Crippen molar-refractivity contribution in [2.75, 3.05) is 31.6 Å². The first-order valence-corrected chi connectivity index (χ1v) is 13.0. The Kier molecular flexibility index (Phi) is 7.71. The minimum atomic E-state index is -0.655. The Morgan fingerprint density at radius 3 is 2.63 bits per heavy atom. The predicted octanol–water partition coefficient (Wildman–Crippen LogP) is 3.55. The van der Waals surface area contributed by atoms with Crippen LogP contribution in [0.4, 0.5) is 11.6 Å². The topological polar surface area (TPSA) is 127 Å². The molecule has 200 valence electrons. The van der Waals surface area contributed by atoms with E-state index in [4.69, 9.17) is 9.47 Å². The normalized spacial score (nSPS) is 18.0. The first kappa shape index (κ1) is 25.5. The number of aromatic amines is 1. The number of hydrogen-bond acceptors (Lipinski definition) is 8. The van der Waals surface area contributed by atoms with Crippen molar-refractivity contribution in [2.45, 2.75) is 50.7 Å². The van der Waals surface area contributed by atoms with Gasteiger partial charge in [-0.1, -0.05) is 35.4 Å². The molecular formula is C27H32N6O5. The van der Waals surface area contributed by atoms with Crippen LogP contribution in [0.3, 0.4) is 0 Å². The molecular weight excluding hydrogens is 488 g/mol. The number of benzene rings is 2. The van der Waals surface area contributed by atoms with Gasteiger partial charge in [0, 0.05) is 31.4 Å². The summed E-state index contributed by atoms with van der Waals surface area (Å²) < 4.78 is 11.9. The number of rotatable bonds is 9. The molecule has 2 aliphatic rings. The monoisotopic (exact) mass is 520 g/mol. The summed E-state index contributed by atoms with van der Waals surface area (Å²) in [5.41, 5.74) is 2.15. The Hall–Kier alpha value is -4.15. The van der Waals surface area contributed by atoms with Crippen LogP contribution in [0.5, 0.6) is 11.5 Å². The van der Waals surface area contributed by atoms with Crippen LogP contribution < -0.4 is 14.4 Å². The molecule has 0 radical (unpaired) electrons. The quantitative estimate of drug-likeness (QED) is 0.335. The maximum Gasteiger partial charge on any atom is 0.453 e. The number of nitrogens with one attached hydrogen (secondary N) is 1. The first-order chi connectivity index (χ1) is 18.5. The molecule has 1 N–H and O–H groups in total. The SMILES string of the molecule is COc1ccc(N2CCN(C(=O)Cc3n[nH]c([N+](=O)[O-])n3)[C@@H](Cc3ccccc3)C2)cc1OC1CCCC1. The van der Waals surface area contributed by atoms with Gasteiger partial charge in [-0.25, -0.2) is 0 Å². The van der Waals surface area contributed by atoms with Crippen LogP contribution in [-0.2, 0) is 17.6 Å². The third kappa shape index (κ3) is 5.87. The van der Waals surface area contributed by atoms with E-state index in [1.54, 1.807) is 7.11 Å². The Balaban J connectivity index is 1.35. The summed E-state index contributed by atoms with van der Waals surface area (Å²) in [6.45, 7) is 1.78. The van der Waals surface area contributed by atoms with Gasteiger partial charge in [0.2, 0.25) is 5.91 Å². The molecule has 5 rings (SSSR count). The van der Waals surface area contributed by atoms with E-state index in [2.05, 4.69) is 32.2 Å². The van der Waals surface area contributed by atoms with E-state index >= 15 is 0 Å². The van der Waals surface area contributed by atoms with Gasteiger partial charge in [-0.3, -0.25) is 4.79 Å². The molecule has 1 aliphatic heterocycles. The highest BCUT2D eigenvalue weighted by Crippen LogP contribution is 2.36. The number of carbonyl (C=O) groups excluding carboxylic acids is 1. The summed E-state index contributed by atoms with van der Waals surface area (Å²) in [5, 5.41) is 17.1. The lowest BCUT2D eigenvalue weighted by atomic mass is 10.0. The molecule has 11 nitrogen and oxygen atoms in total. The lowest BCUT2D eigenvalue weighted by Crippen LogP contribution is -2.56. The lowest BCUT2D eigenvalue weighted by Gasteiger charge is -2.42. The van der Waals surface area contributed by atoms with E-state index < -0.39 is 10.9 Å². The number of methoxy groups -OCH3 is 1. The number of aromatic nitrogens is 3. The maximum atomic E-state index is 13.3. The largest absolute Gasteiger partial charge is 0.493 e. The number of amides is 1. The molecule has 1 aliphatic carbocycles. The van der Waals surface area contributed by atoms with E-state index in [1.807, 2.05) is 41.3 Å². The van der Waals surface area contributed by atoms with Crippen LogP contribution in [0, 0.1) is 10.1 Å². The summed E-state index contributed by atoms with van der Waals surface area (Å²) >= 11 is 0. The molecule has 1 saturated carbocycles. The van der Waals surface area contributed by atoms with Crippen LogP contribution in [0.25, 0.3) is 0 Å². The highest BCUT2D eigenvalue weighted by Gasteiger charge is 2.32. The van der Waals surface area contributed by atoms with E-state index in [0.717, 1.165) is 35.6 Å². The number of hydrogen-bond donors (Lipinski definition) is 1. The molecule has 1 amide bonds. The molecule has 2 heterocycles. The van der Waals surface area contributed by atoms with Crippen molar-refractivity contribution in [1.29, 1.82) is 0 Å². The van der Waals surface area contributed by atoms with Gasteiger partial charge in [0.15, 0.2) is 11.5 Å². The third-order valence-corrected chi connectivity index (χ3v) is 7.23. The smallest absolute Gasteiger partial charge is 0.453 e. The second-order valence-electron chi connectivity index (χ2n) is 9.75. The second kappa shape index (κ2) is 11.5. The standard InChI is InChI=1S/C27H32N6O5/c1-37-23-12-11-20(16-24(23)38-22-9-5-6-10-22)31-13-14-32(21(18-31)15-19-7-3-2-4-8-19)26(34)17-25-28-27(30-29-25)33(35)36/h2-4,7-8,11-12,16,21-22H,5-6,9-10,13-15,17-18H2,1H3,(H,28,29,30)/t21-/m0/s1. The molecule has 1 saturated heterocycles. The number of piperazine rings is 1. The summed E-state index contributed by atoms with van der Waals surface area (Å²) in [6, 6.07) is 16.0. The van der Waals surface area contributed by atoms with Crippen LogP contribution >= 0.6 is 0 Å². The average molecular weight is 521 g/mol. The Morgan fingerprint density at radius 1 is 1.13 bits per heavy atom. The zero-order valence-corrected chi connectivity index (χ0v) is 21.4. The maximum absolute atomic E-state index is 13.3. The van der Waals surface area contributed by atoms with Crippen molar-refractivity contribution in [3.05, 3.63) is 70.0 Å². The summed E-state index contributed by atoms with van der Waals surface area (Å²) in [5.74, 6) is 0.969. The van der Waals surface area contributed by atoms with Gasteiger partial charge in [-0.2, -0.15) is 0 Å². The van der Waals surface area contributed by atoms with Gasteiger partial charge in [0.25, 0.3) is 5.82 Å². The summed E-state index contributed by atoms with van der Waals surface area (Å²) in [7, 11) is 1.65. The highest BCUT2D eigenvalue weighted by molar-refractivity contribution is 5.79. The molecule has 0 unspecified atom stereocenters. The molecule has 2 fully saturated rings. The van der Waals surface area contributed by atoms with Crippen molar-refractivity contribution in [1.82, 2.24) is 20.1 Å². The van der Waals surface area contributed by atoms with Gasteiger partial charge in [0.1, 0.15) is 6.42 Å². The Bertz CT molecular complexity index is 1260. The molecule has 11 heteroatoms. The van der Waals surface area contributed by atoms with E-state index in [-0.39, 0.29) is 30.3 Å². The van der Waals surface area contributed by atoms with Gasteiger partial charge in [0.05, 0.1) is 19.3 Å². The van der Waals surface area contributed by atoms with E-state index in [1.165, 1.54) is 12.8 Å². The average Bonchev–Trinajstić information content (AvgIpc) is 3.62. The predicted molar refractivity (Wildman–Crippen MR) is 140 cm³/mol. The van der Waals surface area contributed by atoms with Crippen molar-refractivity contribution in [3.63, 3.8) is 0 Å². The zero-order chi connectivity index (χ0) is 26.5. The van der Waals surface area contributed by atoms with Crippen LogP contribution in [-0.4, -0.2) is 69.8 Å². The summed E-state index contributed by atoms with van der Waals surface area (Å²) in [4.78, 5) is 31.6. The number of ether oxygens (including phenoxy) is 2. The number of nitro groups is 1. The lowest BCUT2D eigenvalue weighted by molar-refractivity contribution is -0.394. The van der Waals surface area contributed by atoms with Gasteiger partial charge >= 0.3 is 5.95 Å². The van der Waals surface area contributed by atoms with Crippen LogP contribution in [0.15, 0.2) is 48.5 Å². The van der Waals surface area contributed by atoms with E-state index in [0.29, 0.717) is 26.1 Å². The first-order valence-electron chi connectivity index (χ1n) is 13.0. The minimum Gasteiger partial charge on any atom is -0.493 e. The molecule has 2 aromatic carbocycles. The van der Waals surface area contributed by atoms with Crippen molar-refractivity contribution < 1.29 is 19.2 Å². The molecule has 3 aromatic rings. The van der Waals surface area contributed by atoms with Crippen molar-refractivity contribution in [2.24, 2.45) is 0 Å². The second-order valence-corrected chi connectivity index (χ2v) is 9.75. The molecule has 0 spiro atoms. The van der Waals surface area contributed by atoms with E-state index in [9.17, 15) is 14.9 Å². The molecule has 1 aromatic heterocycles. The molecule has 0 bridgehead atoms. The van der Waals surface area contributed by atoms with Crippen LogP contribution in [0.2, 0.25) is 0 Å². The van der Waals surface area contributed by atoms with Crippen molar-refractivity contribution >= 4 is 17.5 Å². The fourth-order valence-electron chi connectivity index (χ4n) is 5.30. The Labute approximate surface area is 220 Å². The van der Waals surface area contributed by atoms with Crippen molar-refractivity contribution in [3.8, 4) is 11.5 Å². The number of H-pyrrole nitrogens is 1. The van der Waals surface area contributed by atoms with Gasteiger partial charge < -0.3 is 29.4 Å². The summed E-state index contributed by atoms with van der Waals surface area (Å²) in [6.07, 6.45) is 5.28. The van der Waals surface area contributed by atoms with Crippen LogP contribution in [0.1, 0.15) is 37.1 Å². The third-order valence-electron chi connectivity index (χ3n) is 7.23.